The van der Waals surface area contributed by atoms with E-state index < -0.39 is 5.25 Å². The van der Waals surface area contributed by atoms with Crippen LogP contribution in [0.2, 0.25) is 0 Å². The van der Waals surface area contributed by atoms with Crippen LogP contribution in [0.5, 0.6) is 0 Å². The van der Waals surface area contributed by atoms with Crippen molar-refractivity contribution in [2.24, 2.45) is 4.99 Å². The smallest absolute Gasteiger partial charge is 0.242 e. The molecule has 2 aliphatic rings. The van der Waals surface area contributed by atoms with Crippen molar-refractivity contribution >= 4 is 40.1 Å². The van der Waals surface area contributed by atoms with Crippen molar-refractivity contribution in [2.75, 3.05) is 5.32 Å². The first-order chi connectivity index (χ1) is 13.5. The number of carbonyl (C=O) groups excluding carboxylic acids is 2. The SMILES string of the molecule is Cc1cccc(N=C2S[C@@H](CC(=O)Nc3ccc(F)cc3)C(=O)N2C2CC2)c1. The monoisotopic (exact) mass is 397 g/mol. The second-order valence-electron chi connectivity index (χ2n) is 7.04. The zero-order valence-corrected chi connectivity index (χ0v) is 16.2. The summed E-state index contributed by atoms with van der Waals surface area (Å²) in [5.41, 5.74) is 2.41. The van der Waals surface area contributed by atoms with Crippen LogP contribution in [0.3, 0.4) is 0 Å². The van der Waals surface area contributed by atoms with Gasteiger partial charge in [-0.1, -0.05) is 23.9 Å². The number of rotatable bonds is 5. The van der Waals surface area contributed by atoms with Gasteiger partial charge in [0.1, 0.15) is 11.1 Å². The lowest BCUT2D eigenvalue weighted by molar-refractivity contribution is -0.128. The summed E-state index contributed by atoms with van der Waals surface area (Å²) in [5, 5.41) is 2.89. The number of carbonyl (C=O) groups is 2. The van der Waals surface area contributed by atoms with Gasteiger partial charge in [-0.3, -0.25) is 14.5 Å². The lowest BCUT2D eigenvalue weighted by Crippen LogP contribution is -2.35. The van der Waals surface area contributed by atoms with Gasteiger partial charge in [-0.2, -0.15) is 0 Å². The molecule has 5 nitrogen and oxygen atoms in total. The second kappa shape index (κ2) is 7.75. The maximum Gasteiger partial charge on any atom is 0.242 e. The summed E-state index contributed by atoms with van der Waals surface area (Å²) < 4.78 is 13.0. The largest absolute Gasteiger partial charge is 0.326 e. The first kappa shape index (κ1) is 18.7. The third kappa shape index (κ3) is 4.25. The molecule has 1 aliphatic carbocycles. The Hall–Kier alpha value is -2.67. The van der Waals surface area contributed by atoms with E-state index in [2.05, 4.69) is 10.3 Å². The highest BCUT2D eigenvalue weighted by Crippen LogP contribution is 2.39. The number of amidine groups is 1. The summed E-state index contributed by atoms with van der Waals surface area (Å²) in [6, 6.07) is 13.6. The van der Waals surface area contributed by atoms with E-state index in [-0.39, 0.29) is 30.1 Å². The number of thioether (sulfide) groups is 1. The molecule has 0 unspecified atom stereocenters. The van der Waals surface area contributed by atoms with E-state index in [1.165, 1.54) is 36.0 Å². The van der Waals surface area contributed by atoms with Gasteiger partial charge in [-0.25, -0.2) is 9.38 Å². The summed E-state index contributed by atoms with van der Waals surface area (Å²) in [4.78, 5) is 31.7. The van der Waals surface area contributed by atoms with Crippen LogP contribution < -0.4 is 5.32 Å². The average Bonchev–Trinajstić information content (AvgIpc) is 3.43. The van der Waals surface area contributed by atoms with Crippen LogP contribution in [0.25, 0.3) is 0 Å². The minimum atomic E-state index is -0.496. The van der Waals surface area contributed by atoms with Gasteiger partial charge in [-0.05, 0) is 61.7 Å². The van der Waals surface area contributed by atoms with Gasteiger partial charge in [0, 0.05) is 18.2 Å². The lowest BCUT2D eigenvalue weighted by Gasteiger charge is -2.15. The third-order valence-electron chi connectivity index (χ3n) is 4.60. The zero-order valence-electron chi connectivity index (χ0n) is 15.4. The Morgan fingerprint density at radius 2 is 2.00 bits per heavy atom. The van der Waals surface area contributed by atoms with E-state index in [0.29, 0.717) is 10.9 Å². The van der Waals surface area contributed by atoms with Gasteiger partial charge in [0.05, 0.1) is 5.69 Å². The van der Waals surface area contributed by atoms with Gasteiger partial charge < -0.3 is 5.32 Å². The number of halogens is 1. The Morgan fingerprint density at radius 1 is 1.25 bits per heavy atom. The van der Waals surface area contributed by atoms with Gasteiger partial charge in [0.25, 0.3) is 0 Å². The van der Waals surface area contributed by atoms with Crippen LogP contribution >= 0.6 is 11.8 Å². The Balaban J connectivity index is 1.48. The Bertz CT molecular complexity index is 941. The lowest BCUT2D eigenvalue weighted by atomic mass is 10.2. The molecule has 1 saturated heterocycles. The number of amides is 2. The van der Waals surface area contributed by atoms with Crippen molar-refractivity contribution in [1.29, 1.82) is 0 Å². The Labute approximate surface area is 167 Å². The quantitative estimate of drug-likeness (QED) is 0.820. The number of aliphatic imine (C=N–C) groups is 1. The average molecular weight is 397 g/mol. The molecule has 4 rings (SSSR count). The molecule has 0 radical (unpaired) electrons. The number of anilines is 1. The van der Waals surface area contributed by atoms with E-state index in [0.717, 1.165) is 24.1 Å². The number of hydrogen-bond acceptors (Lipinski definition) is 4. The minimum absolute atomic E-state index is 0.0525. The topological polar surface area (TPSA) is 61.8 Å². The summed E-state index contributed by atoms with van der Waals surface area (Å²) in [5.74, 6) is -0.699. The molecule has 2 aromatic carbocycles. The molecule has 2 amide bonds. The third-order valence-corrected chi connectivity index (χ3v) is 5.76. The maximum absolute atomic E-state index is 13.0. The predicted octanol–water partition coefficient (Wildman–Crippen LogP) is 4.26. The number of benzene rings is 2. The molecule has 7 heteroatoms. The minimum Gasteiger partial charge on any atom is -0.326 e. The predicted molar refractivity (Wildman–Crippen MR) is 109 cm³/mol. The molecule has 2 aromatic rings. The van der Waals surface area contributed by atoms with Gasteiger partial charge in [-0.15, -0.1) is 0 Å². The van der Waals surface area contributed by atoms with E-state index in [1.807, 2.05) is 31.2 Å². The van der Waals surface area contributed by atoms with Crippen LogP contribution in [0, 0.1) is 12.7 Å². The molecule has 1 saturated carbocycles. The van der Waals surface area contributed by atoms with Gasteiger partial charge in [0.15, 0.2) is 5.17 Å². The van der Waals surface area contributed by atoms with E-state index in [1.54, 1.807) is 4.90 Å². The molecule has 144 valence electrons. The van der Waals surface area contributed by atoms with Crippen LogP contribution in [-0.2, 0) is 9.59 Å². The molecular weight excluding hydrogens is 377 g/mol. The highest BCUT2D eigenvalue weighted by atomic mass is 32.2. The maximum atomic E-state index is 13.0. The molecule has 0 spiro atoms. The van der Waals surface area contributed by atoms with E-state index >= 15 is 0 Å². The number of nitrogens with zero attached hydrogens (tertiary/aromatic N) is 2. The van der Waals surface area contributed by atoms with Crippen molar-refractivity contribution < 1.29 is 14.0 Å². The molecule has 2 fully saturated rings. The fourth-order valence-corrected chi connectivity index (χ4v) is 4.30. The standard InChI is InChI=1S/C21H20FN3O2S/c1-13-3-2-4-16(11-13)24-21-25(17-9-10-17)20(27)18(28-21)12-19(26)23-15-7-5-14(22)6-8-15/h2-8,11,17-18H,9-10,12H2,1H3,(H,23,26)/t18-/m0/s1. The number of aryl methyl sites for hydroxylation is 1. The fourth-order valence-electron chi connectivity index (χ4n) is 3.08. The van der Waals surface area contributed by atoms with Crippen LogP contribution in [0.1, 0.15) is 24.8 Å². The normalized spacial score (nSPS) is 20.6. The molecule has 0 aromatic heterocycles. The molecule has 0 bridgehead atoms. The summed E-state index contributed by atoms with van der Waals surface area (Å²) in [6.07, 6.45) is 1.98. The zero-order chi connectivity index (χ0) is 19.7. The molecular formula is C21H20FN3O2S. The molecule has 1 N–H and O–H groups in total. The van der Waals surface area contributed by atoms with Crippen molar-refractivity contribution in [2.45, 2.75) is 37.5 Å². The fraction of sp³-hybridized carbons (Fsp3) is 0.286. The molecule has 1 aliphatic heterocycles. The Morgan fingerprint density at radius 3 is 2.68 bits per heavy atom. The number of nitrogens with one attached hydrogen (secondary N) is 1. The molecule has 1 heterocycles. The van der Waals surface area contributed by atoms with E-state index in [9.17, 15) is 14.0 Å². The van der Waals surface area contributed by atoms with E-state index in [4.69, 9.17) is 0 Å². The number of hydrogen-bond donors (Lipinski definition) is 1. The van der Waals surface area contributed by atoms with Crippen LogP contribution in [0.4, 0.5) is 15.8 Å². The van der Waals surface area contributed by atoms with Gasteiger partial charge in [0.2, 0.25) is 11.8 Å². The summed E-state index contributed by atoms with van der Waals surface area (Å²) in [6.45, 7) is 2.00. The van der Waals surface area contributed by atoms with Crippen LogP contribution in [0.15, 0.2) is 53.5 Å². The molecule has 28 heavy (non-hydrogen) atoms. The highest BCUT2D eigenvalue weighted by molar-refractivity contribution is 8.15. The van der Waals surface area contributed by atoms with Crippen molar-refractivity contribution in [3.05, 3.63) is 59.9 Å². The van der Waals surface area contributed by atoms with Gasteiger partial charge >= 0.3 is 0 Å². The summed E-state index contributed by atoms with van der Waals surface area (Å²) >= 11 is 1.34. The molecule has 1 atom stereocenters. The second-order valence-corrected chi connectivity index (χ2v) is 8.21. The first-order valence-electron chi connectivity index (χ1n) is 9.20. The Kier molecular flexibility index (Phi) is 5.17. The highest BCUT2D eigenvalue weighted by Gasteiger charge is 2.46. The van der Waals surface area contributed by atoms with Crippen molar-refractivity contribution in [3.63, 3.8) is 0 Å². The van der Waals surface area contributed by atoms with Crippen LogP contribution in [-0.4, -0.2) is 33.2 Å². The van der Waals surface area contributed by atoms with Crippen molar-refractivity contribution in [3.8, 4) is 0 Å². The van der Waals surface area contributed by atoms with Crippen molar-refractivity contribution in [1.82, 2.24) is 4.90 Å². The summed E-state index contributed by atoms with van der Waals surface area (Å²) in [7, 11) is 0. The first-order valence-corrected chi connectivity index (χ1v) is 10.1.